The molecule has 1 aliphatic rings. The van der Waals surface area contributed by atoms with Crippen molar-refractivity contribution in [3.8, 4) is 0 Å². The summed E-state index contributed by atoms with van der Waals surface area (Å²) in [6.45, 7) is 3.72. The topological polar surface area (TPSA) is 17.1 Å². The standard InChI is InChI=1S/C15H19OS/c1-2-13-6-8-14(9-7-13)15(16)12-17-10-4-3-5-11-17/h2,6-9H,1,3-5,10-12H2/q+1. The summed E-state index contributed by atoms with van der Waals surface area (Å²) in [5, 5.41) is 0. The summed E-state index contributed by atoms with van der Waals surface area (Å²) < 4.78 is 0. The average Bonchev–Trinajstić information content (AvgIpc) is 2.40. The summed E-state index contributed by atoms with van der Waals surface area (Å²) in [6, 6.07) is 7.77. The lowest BCUT2D eigenvalue weighted by atomic mass is 10.1. The molecular weight excluding hydrogens is 228 g/mol. The molecule has 1 aromatic rings. The monoisotopic (exact) mass is 247 g/mol. The quantitative estimate of drug-likeness (QED) is 0.589. The van der Waals surface area contributed by atoms with Gasteiger partial charge in [-0.15, -0.1) is 0 Å². The third-order valence-electron chi connectivity index (χ3n) is 3.17. The largest absolute Gasteiger partial charge is 0.289 e. The van der Waals surface area contributed by atoms with Crippen molar-refractivity contribution >= 4 is 22.8 Å². The lowest BCUT2D eigenvalue weighted by Gasteiger charge is -2.12. The van der Waals surface area contributed by atoms with Crippen LogP contribution in [0, 0.1) is 0 Å². The number of hydrogen-bond donors (Lipinski definition) is 0. The van der Waals surface area contributed by atoms with Crippen LogP contribution in [0.3, 0.4) is 0 Å². The molecule has 1 fully saturated rings. The van der Waals surface area contributed by atoms with Crippen LogP contribution < -0.4 is 0 Å². The Kier molecular flexibility index (Phi) is 4.43. The second kappa shape index (κ2) is 6.06. The van der Waals surface area contributed by atoms with Crippen molar-refractivity contribution in [3.05, 3.63) is 42.0 Å². The Morgan fingerprint density at radius 1 is 1.18 bits per heavy atom. The molecule has 0 unspecified atom stereocenters. The number of rotatable bonds is 4. The fourth-order valence-corrected chi connectivity index (χ4v) is 4.36. The molecule has 0 radical (unpaired) electrons. The van der Waals surface area contributed by atoms with Gasteiger partial charge in [0.15, 0.2) is 5.75 Å². The van der Waals surface area contributed by atoms with E-state index in [0.29, 0.717) is 16.7 Å². The maximum atomic E-state index is 12.1. The number of carbonyl (C=O) groups is 1. The Morgan fingerprint density at radius 3 is 2.41 bits per heavy atom. The zero-order chi connectivity index (χ0) is 12.1. The second-order valence-corrected chi connectivity index (χ2v) is 6.80. The molecular formula is C15H19OS+. The molecule has 90 valence electrons. The van der Waals surface area contributed by atoms with Crippen molar-refractivity contribution < 1.29 is 4.79 Å². The molecule has 1 aromatic carbocycles. The van der Waals surface area contributed by atoms with Crippen molar-refractivity contribution in [3.63, 3.8) is 0 Å². The normalized spacial score (nSPS) is 16.7. The molecule has 17 heavy (non-hydrogen) atoms. The molecule has 1 saturated heterocycles. The molecule has 2 heteroatoms. The van der Waals surface area contributed by atoms with Gasteiger partial charge in [0, 0.05) is 5.56 Å². The van der Waals surface area contributed by atoms with Crippen molar-refractivity contribution in [1.82, 2.24) is 0 Å². The molecule has 0 spiro atoms. The van der Waals surface area contributed by atoms with Crippen LogP contribution in [0.15, 0.2) is 30.8 Å². The summed E-state index contributed by atoms with van der Waals surface area (Å²) in [7, 11) is 0.348. The highest BCUT2D eigenvalue weighted by molar-refractivity contribution is 7.97. The van der Waals surface area contributed by atoms with Crippen LogP contribution in [0.5, 0.6) is 0 Å². The zero-order valence-electron chi connectivity index (χ0n) is 10.2. The Morgan fingerprint density at radius 2 is 1.82 bits per heavy atom. The van der Waals surface area contributed by atoms with Gasteiger partial charge >= 0.3 is 0 Å². The van der Waals surface area contributed by atoms with Crippen LogP contribution in [0.1, 0.15) is 35.2 Å². The predicted octanol–water partition coefficient (Wildman–Crippen LogP) is 3.31. The fourth-order valence-electron chi connectivity index (χ4n) is 2.11. The number of carbonyl (C=O) groups excluding carboxylic acids is 1. The van der Waals surface area contributed by atoms with Crippen LogP contribution in [0.4, 0.5) is 0 Å². The molecule has 0 aliphatic carbocycles. The SMILES string of the molecule is C=Cc1ccc(C(=O)C[S+]2CCCCC2)cc1. The minimum Gasteiger partial charge on any atom is -0.289 e. The van der Waals surface area contributed by atoms with Gasteiger partial charge in [0.2, 0.25) is 5.78 Å². The molecule has 0 aromatic heterocycles. The van der Waals surface area contributed by atoms with Gasteiger partial charge in [-0.25, -0.2) is 0 Å². The summed E-state index contributed by atoms with van der Waals surface area (Å²) in [6.07, 6.45) is 5.78. The predicted molar refractivity (Wildman–Crippen MR) is 76.7 cm³/mol. The van der Waals surface area contributed by atoms with Crippen molar-refractivity contribution in [2.45, 2.75) is 19.3 Å². The van der Waals surface area contributed by atoms with E-state index in [0.717, 1.165) is 16.9 Å². The minimum atomic E-state index is 0.311. The number of ketones is 1. The summed E-state index contributed by atoms with van der Waals surface area (Å²) in [5.74, 6) is 3.59. The van der Waals surface area contributed by atoms with Crippen LogP contribution in [0.2, 0.25) is 0 Å². The van der Waals surface area contributed by atoms with E-state index in [4.69, 9.17) is 0 Å². The first-order valence-electron chi connectivity index (χ1n) is 6.19. The van der Waals surface area contributed by atoms with Crippen molar-refractivity contribution in [1.29, 1.82) is 0 Å². The molecule has 0 N–H and O–H groups in total. The van der Waals surface area contributed by atoms with E-state index in [2.05, 4.69) is 6.58 Å². The van der Waals surface area contributed by atoms with Gasteiger partial charge in [-0.05, 0) is 35.7 Å². The van der Waals surface area contributed by atoms with E-state index in [1.165, 1.54) is 30.8 Å². The number of Topliss-reactive ketones (excluding diaryl/α,β-unsaturated/α-hetero) is 1. The number of benzene rings is 1. The Bertz CT molecular complexity index is 388. The highest BCUT2D eigenvalue weighted by Crippen LogP contribution is 2.15. The van der Waals surface area contributed by atoms with Crippen LogP contribution >= 0.6 is 0 Å². The van der Waals surface area contributed by atoms with E-state index in [1.54, 1.807) is 6.08 Å². The smallest absolute Gasteiger partial charge is 0.211 e. The summed E-state index contributed by atoms with van der Waals surface area (Å²) in [4.78, 5) is 12.1. The molecule has 0 bridgehead atoms. The molecule has 1 heterocycles. The van der Waals surface area contributed by atoms with Gasteiger partial charge in [0.1, 0.15) is 11.5 Å². The minimum absolute atomic E-state index is 0.311. The average molecular weight is 247 g/mol. The van der Waals surface area contributed by atoms with E-state index in [9.17, 15) is 4.79 Å². The number of hydrogen-bond acceptors (Lipinski definition) is 1. The third kappa shape index (κ3) is 3.47. The molecule has 0 saturated carbocycles. The van der Waals surface area contributed by atoms with Gasteiger partial charge in [-0.2, -0.15) is 0 Å². The lowest BCUT2D eigenvalue weighted by molar-refractivity contribution is 0.102. The Balaban J connectivity index is 1.95. The van der Waals surface area contributed by atoms with Crippen LogP contribution in [0.25, 0.3) is 6.08 Å². The molecule has 0 amide bonds. The Labute approximate surface area is 106 Å². The van der Waals surface area contributed by atoms with E-state index >= 15 is 0 Å². The van der Waals surface area contributed by atoms with Crippen LogP contribution in [-0.2, 0) is 10.9 Å². The van der Waals surface area contributed by atoms with Gasteiger partial charge in [0.05, 0.1) is 0 Å². The van der Waals surface area contributed by atoms with Gasteiger partial charge in [0.25, 0.3) is 0 Å². The maximum absolute atomic E-state index is 12.1. The molecule has 1 nitrogen and oxygen atoms in total. The van der Waals surface area contributed by atoms with Crippen LogP contribution in [-0.4, -0.2) is 23.0 Å². The summed E-state index contributed by atoms with van der Waals surface area (Å²) >= 11 is 0. The first-order valence-corrected chi connectivity index (χ1v) is 7.92. The van der Waals surface area contributed by atoms with E-state index in [1.807, 2.05) is 24.3 Å². The van der Waals surface area contributed by atoms with E-state index < -0.39 is 0 Å². The first kappa shape index (κ1) is 12.4. The third-order valence-corrected chi connectivity index (χ3v) is 5.57. The molecule has 2 rings (SSSR count). The van der Waals surface area contributed by atoms with Gasteiger partial charge in [-0.1, -0.05) is 36.9 Å². The van der Waals surface area contributed by atoms with Gasteiger partial charge in [-0.3, -0.25) is 4.79 Å². The highest BCUT2D eigenvalue weighted by atomic mass is 32.2. The van der Waals surface area contributed by atoms with Gasteiger partial charge < -0.3 is 0 Å². The zero-order valence-corrected chi connectivity index (χ0v) is 11.0. The first-order chi connectivity index (χ1) is 8.29. The highest BCUT2D eigenvalue weighted by Gasteiger charge is 2.25. The summed E-state index contributed by atoms with van der Waals surface area (Å²) in [5.41, 5.74) is 1.93. The van der Waals surface area contributed by atoms with Crippen molar-refractivity contribution in [2.24, 2.45) is 0 Å². The fraction of sp³-hybridized carbons (Fsp3) is 0.400. The van der Waals surface area contributed by atoms with E-state index in [-0.39, 0.29) is 0 Å². The molecule has 0 atom stereocenters. The second-order valence-electron chi connectivity index (χ2n) is 4.47. The molecule has 1 aliphatic heterocycles. The lowest BCUT2D eigenvalue weighted by Crippen LogP contribution is -2.25. The Hall–Kier alpha value is -1.02. The van der Waals surface area contributed by atoms with Crippen molar-refractivity contribution in [2.75, 3.05) is 17.3 Å². The maximum Gasteiger partial charge on any atom is 0.211 e.